The van der Waals surface area contributed by atoms with Crippen molar-refractivity contribution in [3.05, 3.63) is 23.8 Å². The van der Waals surface area contributed by atoms with E-state index >= 15 is 0 Å². The normalized spacial score (nSPS) is 15.1. The second kappa shape index (κ2) is 4.34. The lowest BCUT2D eigenvalue weighted by molar-refractivity contribution is 0.0982. The first-order valence-corrected chi connectivity index (χ1v) is 5.24. The molecule has 0 saturated carbocycles. The maximum absolute atomic E-state index is 11.7. The monoisotopic (exact) mass is 206 g/mol. The molecule has 0 aromatic heterocycles. The number of carbonyl (C=O) groups is 1. The third-order valence-corrected chi connectivity index (χ3v) is 2.37. The van der Waals surface area contributed by atoms with Gasteiger partial charge in [-0.15, -0.1) is 0 Å². The van der Waals surface area contributed by atoms with Gasteiger partial charge in [-0.05, 0) is 31.5 Å². The van der Waals surface area contributed by atoms with Crippen molar-refractivity contribution in [1.29, 1.82) is 0 Å². The molecule has 80 valence electrons. The quantitative estimate of drug-likeness (QED) is 0.745. The minimum atomic E-state index is 0.143. The number of carbonyl (C=O) groups excluding carboxylic acids is 1. The van der Waals surface area contributed by atoms with Crippen LogP contribution in [0.1, 0.15) is 30.1 Å². The molecule has 1 aliphatic rings. The summed E-state index contributed by atoms with van der Waals surface area (Å²) in [6.45, 7) is 3.14. The molecule has 0 unspecified atom stereocenters. The third-order valence-electron chi connectivity index (χ3n) is 2.37. The van der Waals surface area contributed by atoms with Crippen molar-refractivity contribution in [3.8, 4) is 11.5 Å². The lowest BCUT2D eigenvalue weighted by Crippen LogP contribution is -1.99. The topological polar surface area (TPSA) is 35.5 Å². The summed E-state index contributed by atoms with van der Waals surface area (Å²) in [6.07, 6.45) is 1.35. The number of ether oxygens (including phenoxy) is 2. The van der Waals surface area contributed by atoms with Crippen molar-refractivity contribution in [2.45, 2.75) is 19.8 Å². The molecular weight excluding hydrogens is 192 g/mol. The molecule has 3 nitrogen and oxygen atoms in total. The minimum Gasteiger partial charge on any atom is -0.494 e. The van der Waals surface area contributed by atoms with Crippen LogP contribution in [-0.4, -0.2) is 19.0 Å². The summed E-state index contributed by atoms with van der Waals surface area (Å²) in [5.74, 6) is 1.56. The zero-order valence-corrected chi connectivity index (χ0v) is 8.79. The SMILES string of the molecule is CCOc1ccc2c(c1)C(=O)CCCO2. The molecular formula is C12H14O3. The molecule has 1 heterocycles. The largest absolute Gasteiger partial charge is 0.494 e. The van der Waals surface area contributed by atoms with Gasteiger partial charge in [0.05, 0.1) is 18.8 Å². The Hall–Kier alpha value is -1.51. The first-order chi connectivity index (χ1) is 7.31. The number of fused-ring (bicyclic) bond motifs is 1. The molecule has 0 atom stereocenters. The predicted molar refractivity (Wildman–Crippen MR) is 56.7 cm³/mol. The summed E-state index contributed by atoms with van der Waals surface area (Å²) in [7, 11) is 0. The van der Waals surface area contributed by atoms with Crippen LogP contribution in [0.5, 0.6) is 11.5 Å². The van der Waals surface area contributed by atoms with E-state index in [2.05, 4.69) is 0 Å². The fourth-order valence-electron chi connectivity index (χ4n) is 1.66. The molecule has 0 spiro atoms. The standard InChI is InChI=1S/C12H14O3/c1-2-14-9-5-6-12-10(8-9)11(13)4-3-7-15-12/h5-6,8H,2-4,7H2,1H3. The van der Waals surface area contributed by atoms with E-state index in [-0.39, 0.29) is 5.78 Å². The van der Waals surface area contributed by atoms with E-state index in [1.54, 1.807) is 6.07 Å². The van der Waals surface area contributed by atoms with Gasteiger partial charge in [0.1, 0.15) is 11.5 Å². The van der Waals surface area contributed by atoms with Gasteiger partial charge in [0.25, 0.3) is 0 Å². The number of ketones is 1. The van der Waals surface area contributed by atoms with E-state index in [4.69, 9.17) is 9.47 Å². The van der Waals surface area contributed by atoms with Crippen LogP contribution in [0.15, 0.2) is 18.2 Å². The van der Waals surface area contributed by atoms with Crippen LogP contribution in [-0.2, 0) is 0 Å². The van der Waals surface area contributed by atoms with E-state index in [0.29, 0.717) is 30.9 Å². The molecule has 0 fully saturated rings. The highest BCUT2D eigenvalue weighted by Gasteiger charge is 2.17. The molecule has 15 heavy (non-hydrogen) atoms. The highest BCUT2D eigenvalue weighted by atomic mass is 16.5. The maximum atomic E-state index is 11.7. The number of benzene rings is 1. The third kappa shape index (κ3) is 2.12. The molecule has 1 aromatic rings. The van der Waals surface area contributed by atoms with Crippen LogP contribution in [0.4, 0.5) is 0 Å². The summed E-state index contributed by atoms with van der Waals surface area (Å²) in [5, 5.41) is 0. The molecule has 0 aliphatic carbocycles. The van der Waals surface area contributed by atoms with E-state index in [1.165, 1.54) is 0 Å². The van der Waals surface area contributed by atoms with Gasteiger partial charge in [0, 0.05) is 6.42 Å². The number of hydrogen-bond acceptors (Lipinski definition) is 3. The molecule has 0 amide bonds. The van der Waals surface area contributed by atoms with Crippen molar-refractivity contribution in [1.82, 2.24) is 0 Å². The number of hydrogen-bond donors (Lipinski definition) is 0. The van der Waals surface area contributed by atoms with Gasteiger partial charge in [0.2, 0.25) is 0 Å². The van der Waals surface area contributed by atoms with Gasteiger partial charge in [-0.25, -0.2) is 0 Å². The average Bonchev–Trinajstić information content (AvgIpc) is 2.42. The molecule has 3 heteroatoms. The van der Waals surface area contributed by atoms with Crippen molar-refractivity contribution >= 4 is 5.78 Å². The van der Waals surface area contributed by atoms with E-state index < -0.39 is 0 Å². The van der Waals surface area contributed by atoms with Gasteiger partial charge < -0.3 is 9.47 Å². The Kier molecular flexibility index (Phi) is 2.90. The van der Waals surface area contributed by atoms with Crippen LogP contribution in [0.3, 0.4) is 0 Å². The molecule has 1 aromatic carbocycles. The van der Waals surface area contributed by atoms with Gasteiger partial charge in [0.15, 0.2) is 5.78 Å². The Balaban J connectivity index is 2.35. The second-order valence-corrected chi connectivity index (χ2v) is 3.47. The number of Topliss-reactive ketones (excluding diaryl/α,β-unsaturated/α-hetero) is 1. The lowest BCUT2D eigenvalue weighted by Gasteiger charge is -2.08. The summed E-state index contributed by atoms with van der Waals surface area (Å²) < 4.78 is 10.8. The summed E-state index contributed by atoms with van der Waals surface area (Å²) in [6, 6.07) is 5.41. The van der Waals surface area contributed by atoms with Crippen LogP contribution in [0, 0.1) is 0 Å². The van der Waals surface area contributed by atoms with E-state index in [1.807, 2.05) is 19.1 Å². The van der Waals surface area contributed by atoms with Crippen LogP contribution in [0.2, 0.25) is 0 Å². The first-order valence-electron chi connectivity index (χ1n) is 5.24. The van der Waals surface area contributed by atoms with Gasteiger partial charge in [-0.1, -0.05) is 0 Å². The Morgan fingerprint density at radius 2 is 2.33 bits per heavy atom. The molecule has 0 radical (unpaired) electrons. The van der Waals surface area contributed by atoms with Crippen molar-refractivity contribution < 1.29 is 14.3 Å². The second-order valence-electron chi connectivity index (χ2n) is 3.47. The van der Waals surface area contributed by atoms with Crippen LogP contribution < -0.4 is 9.47 Å². The maximum Gasteiger partial charge on any atom is 0.166 e. The van der Waals surface area contributed by atoms with Crippen LogP contribution >= 0.6 is 0 Å². The Labute approximate surface area is 89.0 Å². The minimum absolute atomic E-state index is 0.143. The average molecular weight is 206 g/mol. The van der Waals surface area contributed by atoms with Gasteiger partial charge in [-0.3, -0.25) is 4.79 Å². The summed E-state index contributed by atoms with van der Waals surface area (Å²) in [5.41, 5.74) is 0.651. The molecule has 0 N–H and O–H groups in total. The Morgan fingerprint density at radius 3 is 3.13 bits per heavy atom. The predicted octanol–water partition coefficient (Wildman–Crippen LogP) is 2.44. The molecule has 0 bridgehead atoms. The molecule has 1 aliphatic heterocycles. The fourth-order valence-corrected chi connectivity index (χ4v) is 1.66. The highest BCUT2D eigenvalue weighted by Crippen LogP contribution is 2.28. The summed E-state index contributed by atoms with van der Waals surface area (Å²) in [4.78, 5) is 11.7. The Bertz CT molecular complexity index is 371. The van der Waals surface area contributed by atoms with Crippen LogP contribution in [0.25, 0.3) is 0 Å². The van der Waals surface area contributed by atoms with Crippen molar-refractivity contribution in [2.24, 2.45) is 0 Å². The summed E-state index contributed by atoms with van der Waals surface area (Å²) >= 11 is 0. The lowest BCUT2D eigenvalue weighted by atomic mass is 10.1. The van der Waals surface area contributed by atoms with Crippen molar-refractivity contribution in [3.63, 3.8) is 0 Å². The zero-order chi connectivity index (χ0) is 10.7. The smallest absolute Gasteiger partial charge is 0.166 e. The molecule has 0 saturated heterocycles. The highest BCUT2D eigenvalue weighted by molar-refractivity contribution is 5.99. The van der Waals surface area contributed by atoms with E-state index in [0.717, 1.165) is 12.2 Å². The van der Waals surface area contributed by atoms with E-state index in [9.17, 15) is 4.79 Å². The molecule has 2 rings (SSSR count). The zero-order valence-electron chi connectivity index (χ0n) is 8.79. The Morgan fingerprint density at radius 1 is 1.47 bits per heavy atom. The fraction of sp³-hybridized carbons (Fsp3) is 0.417. The van der Waals surface area contributed by atoms with Gasteiger partial charge >= 0.3 is 0 Å². The van der Waals surface area contributed by atoms with Gasteiger partial charge in [-0.2, -0.15) is 0 Å². The first kappa shape index (κ1) is 10.0. The number of rotatable bonds is 2. The van der Waals surface area contributed by atoms with Crippen molar-refractivity contribution in [2.75, 3.05) is 13.2 Å².